The van der Waals surface area contributed by atoms with Crippen molar-refractivity contribution in [3.05, 3.63) is 90.5 Å². The van der Waals surface area contributed by atoms with Crippen molar-refractivity contribution in [3.63, 3.8) is 0 Å². The highest BCUT2D eigenvalue weighted by atomic mass is 16.7. The lowest BCUT2D eigenvalue weighted by Gasteiger charge is -2.32. The second-order valence-corrected chi connectivity index (χ2v) is 9.68. The van der Waals surface area contributed by atoms with Gasteiger partial charge in [-0.25, -0.2) is 0 Å². The van der Waals surface area contributed by atoms with E-state index in [9.17, 15) is 0 Å². The van der Waals surface area contributed by atoms with Crippen molar-refractivity contribution in [2.45, 2.75) is 38.9 Å². The minimum absolute atomic E-state index is 0.356. The molecule has 0 aromatic heterocycles. The first-order valence-corrected chi connectivity index (χ1v) is 11.3. The van der Waals surface area contributed by atoms with Gasteiger partial charge in [-0.3, -0.25) is 0 Å². The summed E-state index contributed by atoms with van der Waals surface area (Å²) in [6.07, 6.45) is 0. The molecule has 3 nitrogen and oxygen atoms in total. The van der Waals surface area contributed by atoms with Crippen molar-refractivity contribution in [1.82, 2.24) is 0 Å². The molecule has 0 spiro atoms. The lowest BCUT2D eigenvalue weighted by Crippen LogP contribution is -2.41. The van der Waals surface area contributed by atoms with E-state index in [0.717, 1.165) is 27.5 Å². The molecule has 4 aromatic carbocycles. The molecule has 1 saturated heterocycles. The standard InChI is InChI=1S/C29H26BNO2/c1-28(2)29(3,4)33-30(32-28)27-16-15-24-13-14-25(17-26(24)18-27)23-11-9-22(10-12-23)21-7-5-20(19-31)6-8-21/h5-18H,1-4H3. The summed E-state index contributed by atoms with van der Waals surface area (Å²) >= 11 is 0. The quantitative estimate of drug-likeness (QED) is 0.355. The molecule has 0 N–H and O–H groups in total. The second-order valence-electron chi connectivity index (χ2n) is 9.68. The van der Waals surface area contributed by atoms with Crippen molar-refractivity contribution in [3.8, 4) is 28.3 Å². The molecule has 0 amide bonds. The van der Waals surface area contributed by atoms with E-state index in [-0.39, 0.29) is 18.3 Å². The number of nitrogens with zero attached hydrogens (tertiary/aromatic N) is 1. The van der Waals surface area contributed by atoms with Gasteiger partial charge < -0.3 is 9.31 Å². The third-order valence-corrected chi connectivity index (χ3v) is 6.96. The van der Waals surface area contributed by atoms with E-state index in [1.54, 1.807) is 0 Å². The maximum Gasteiger partial charge on any atom is 0.494 e. The van der Waals surface area contributed by atoms with Crippen molar-refractivity contribution >= 4 is 23.4 Å². The van der Waals surface area contributed by atoms with Crippen LogP contribution in [-0.2, 0) is 9.31 Å². The largest absolute Gasteiger partial charge is 0.494 e. The number of nitriles is 1. The van der Waals surface area contributed by atoms with Crippen LogP contribution in [0.3, 0.4) is 0 Å². The third-order valence-electron chi connectivity index (χ3n) is 6.96. The highest BCUT2D eigenvalue weighted by molar-refractivity contribution is 6.62. The van der Waals surface area contributed by atoms with Crippen LogP contribution in [0.5, 0.6) is 0 Å². The smallest absolute Gasteiger partial charge is 0.399 e. The summed E-state index contributed by atoms with van der Waals surface area (Å²) in [6, 6.07) is 31.3. The zero-order chi connectivity index (χ0) is 23.2. The van der Waals surface area contributed by atoms with Crippen LogP contribution >= 0.6 is 0 Å². The van der Waals surface area contributed by atoms with Gasteiger partial charge in [-0.2, -0.15) is 5.26 Å². The number of hydrogen-bond acceptors (Lipinski definition) is 3. The van der Waals surface area contributed by atoms with E-state index in [1.807, 2.05) is 24.3 Å². The highest BCUT2D eigenvalue weighted by Gasteiger charge is 2.51. The Balaban J connectivity index is 1.43. The lowest BCUT2D eigenvalue weighted by molar-refractivity contribution is 0.00578. The summed E-state index contributed by atoms with van der Waals surface area (Å²) < 4.78 is 12.5. The first-order valence-electron chi connectivity index (χ1n) is 11.3. The van der Waals surface area contributed by atoms with Gasteiger partial charge in [0, 0.05) is 0 Å². The number of rotatable bonds is 3. The van der Waals surface area contributed by atoms with Crippen LogP contribution < -0.4 is 5.46 Å². The van der Waals surface area contributed by atoms with E-state index in [4.69, 9.17) is 14.6 Å². The fourth-order valence-corrected chi connectivity index (χ4v) is 4.16. The van der Waals surface area contributed by atoms with Gasteiger partial charge in [0.1, 0.15) is 0 Å². The van der Waals surface area contributed by atoms with Gasteiger partial charge in [-0.15, -0.1) is 0 Å². The van der Waals surface area contributed by atoms with Crippen molar-refractivity contribution in [2.24, 2.45) is 0 Å². The molecule has 1 aliphatic heterocycles. The monoisotopic (exact) mass is 431 g/mol. The molecule has 33 heavy (non-hydrogen) atoms. The molecule has 0 unspecified atom stereocenters. The van der Waals surface area contributed by atoms with Crippen LogP contribution in [-0.4, -0.2) is 18.3 Å². The van der Waals surface area contributed by atoms with Gasteiger partial charge >= 0.3 is 7.12 Å². The molecule has 5 rings (SSSR count). The van der Waals surface area contributed by atoms with Gasteiger partial charge in [-0.05, 0) is 84.4 Å². The summed E-state index contributed by atoms with van der Waals surface area (Å²) in [5.41, 5.74) is 5.56. The van der Waals surface area contributed by atoms with Gasteiger partial charge in [0.05, 0.1) is 22.8 Å². The van der Waals surface area contributed by atoms with Crippen LogP contribution in [0, 0.1) is 11.3 Å². The average molecular weight is 431 g/mol. The van der Waals surface area contributed by atoms with E-state index in [2.05, 4.69) is 94.4 Å². The van der Waals surface area contributed by atoms with Crippen molar-refractivity contribution < 1.29 is 9.31 Å². The highest BCUT2D eigenvalue weighted by Crippen LogP contribution is 2.37. The summed E-state index contributed by atoms with van der Waals surface area (Å²) in [4.78, 5) is 0. The Morgan fingerprint density at radius 1 is 0.606 bits per heavy atom. The van der Waals surface area contributed by atoms with Gasteiger partial charge in [0.25, 0.3) is 0 Å². The summed E-state index contributed by atoms with van der Waals surface area (Å²) in [6.45, 7) is 8.31. The van der Waals surface area contributed by atoms with Crippen LogP contribution in [0.2, 0.25) is 0 Å². The molecule has 0 saturated carbocycles. The number of hydrogen-bond donors (Lipinski definition) is 0. The molecule has 1 aliphatic rings. The van der Waals surface area contributed by atoms with E-state index < -0.39 is 0 Å². The minimum atomic E-state index is -0.366. The molecular formula is C29H26BNO2. The third kappa shape index (κ3) is 3.95. The van der Waals surface area contributed by atoms with E-state index >= 15 is 0 Å². The predicted molar refractivity (Wildman–Crippen MR) is 135 cm³/mol. The molecule has 0 radical (unpaired) electrons. The molecule has 4 heteroatoms. The SMILES string of the molecule is CC1(C)OB(c2ccc3ccc(-c4ccc(-c5ccc(C#N)cc5)cc4)cc3c2)OC1(C)C. The zero-order valence-electron chi connectivity index (χ0n) is 19.4. The molecule has 0 bridgehead atoms. The Kier molecular flexibility index (Phi) is 5.13. The van der Waals surface area contributed by atoms with Gasteiger partial charge in [0.15, 0.2) is 0 Å². The molecule has 0 atom stereocenters. The van der Waals surface area contributed by atoms with Crippen LogP contribution in [0.1, 0.15) is 33.3 Å². The molecule has 1 heterocycles. The van der Waals surface area contributed by atoms with Gasteiger partial charge in [-0.1, -0.05) is 66.7 Å². The fraction of sp³-hybridized carbons (Fsp3) is 0.207. The second kappa shape index (κ2) is 7.88. The maximum atomic E-state index is 9.00. The van der Waals surface area contributed by atoms with E-state index in [1.165, 1.54) is 10.9 Å². The lowest BCUT2D eigenvalue weighted by atomic mass is 9.78. The van der Waals surface area contributed by atoms with Crippen molar-refractivity contribution in [1.29, 1.82) is 5.26 Å². The topological polar surface area (TPSA) is 42.2 Å². The molecule has 4 aromatic rings. The first-order chi connectivity index (χ1) is 15.8. The van der Waals surface area contributed by atoms with Crippen LogP contribution in [0.15, 0.2) is 84.9 Å². The Bertz CT molecular complexity index is 1350. The Hall–Kier alpha value is -3.39. The normalized spacial score (nSPS) is 16.6. The van der Waals surface area contributed by atoms with Crippen molar-refractivity contribution in [2.75, 3.05) is 0 Å². The number of benzene rings is 4. The number of fused-ring (bicyclic) bond motifs is 1. The molecule has 162 valence electrons. The predicted octanol–water partition coefficient (Wildman–Crippen LogP) is 6.34. The Labute approximate surface area is 195 Å². The first kappa shape index (κ1) is 21.5. The molecule has 1 fully saturated rings. The summed E-state index contributed by atoms with van der Waals surface area (Å²) in [5.74, 6) is 0. The zero-order valence-corrected chi connectivity index (χ0v) is 19.4. The average Bonchev–Trinajstić information content (AvgIpc) is 3.05. The maximum absolute atomic E-state index is 9.00. The summed E-state index contributed by atoms with van der Waals surface area (Å²) in [7, 11) is -0.366. The van der Waals surface area contributed by atoms with Gasteiger partial charge in [0.2, 0.25) is 0 Å². The fourth-order valence-electron chi connectivity index (χ4n) is 4.16. The van der Waals surface area contributed by atoms with Crippen LogP contribution in [0.25, 0.3) is 33.0 Å². The molecular weight excluding hydrogens is 405 g/mol. The van der Waals surface area contributed by atoms with Crippen LogP contribution in [0.4, 0.5) is 0 Å². The minimum Gasteiger partial charge on any atom is -0.399 e. The molecule has 0 aliphatic carbocycles. The summed E-state index contributed by atoms with van der Waals surface area (Å²) in [5, 5.41) is 11.3. The Morgan fingerprint density at radius 2 is 1.09 bits per heavy atom. The van der Waals surface area contributed by atoms with E-state index in [0.29, 0.717) is 5.56 Å². The Morgan fingerprint density at radius 3 is 1.67 bits per heavy atom.